The molecule has 1 amide bonds. The Morgan fingerprint density at radius 3 is 2.80 bits per heavy atom. The molecule has 1 aliphatic rings. The zero-order valence-electron chi connectivity index (χ0n) is 14.7. The SMILES string of the molecule is CCC1CCCCN1C(=O)c1cc(Nc2ccc(OC)cc2)ncn1. The van der Waals surface area contributed by atoms with E-state index in [0.29, 0.717) is 17.6 Å². The second-order valence-electron chi connectivity index (χ2n) is 6.20. The van der Waals surface area contributed by atoms with Gasteiger partial charge in [-0.05, 0) is 49.9 Å². The zero-order valence-corrected chi connectivity index (χ0v) is 14.7. The number of aromatic nitrogens is 2. The van der Waals surface area contributed by atoms with Crippen LogP contribution in [0.2, 0.25) is 0 Å². The van der Waals surface area contributed by atoms with Gasteiger partial charge in [0.25, 0.3) is 5.91 Å². The molecule has 0 saturated carbocycles. The van der Waals surface area contributed by atoms with E-state index in [-0.39, 0.29) is 5.91 Å². The Kier molecular flexibility index (Phi) is 5.48. The molecule has 1 fully saturated rings. The number of amides is 1. The van der Waals surface area contributed by atoms with Crippen molar-refractivity contribution in [3.63, 3.8) is 0 Å². The first kappa shape index (κ1) is 17.2. The molecule has 1 unspecified atom stereocenters. The molecule has 3 rings (SSSR count). The third kappa shape index (κ3) is 4.07. The Balaban J connectivity index is 1.74. The number of likely N-dealkylation sites (tertiary alicyclic amines) is 1. The number of carbonyl (C=O) groups excluding carboxylic acids is 1. The van der Waals surface area contributed by atoms with Crippen molar-refractivity contribution in [2.24, 2.45) is 0 Å². The van der Waals surface area contributed by atoms with Gasteiger partial charge < -0.3 is 15.0 Å². The van der Waals surface area contributed by atoms with Crippen LogP contribution in [0.4, 0.5) is 11.5 Å². The van der Waals surface area contributed by atoms with E-state index in [1.807, 2.05) is 29.2 Å². The van der Waals surface area contributed by atoms with Crippen LogP contribution in [0.25, 0.3) is 0 Å². The summed E-state index contributed by atoms with van der Waals surface area (Å²) in [6.07, 6.45) is 5.74. The summed E-state index contributed by atoms with van der Waals surface area (Å²) in [5, 5.41) is 3.20. The number of ether oxygens (including phenoxy) is 1. The number of piperidine rings is 1. The number of carbonyl (C=O) groups is 1. The van der Waals surface area contributed by atoms with Gasteiger partial charge in [0, 0.05) is 24.3 Å². The minimum Gasteiger partial charge on any atom is -0.497 e. The van der Waals surface area contributed by atoms with Crippen molar-refractivity contribution in [3.8, 4) is 5.75 Å². The van der Waals surface area contributed by atoms with Crippen molar-refractivity contribution < 1.29 is 9.53 Å². The van der Waals surface area contributed by atoms with Gasteiger partial charge in [0.15, 0.2) is 0 Å². The van der Waals surface area contributed by atoms with Crippen LogP contribution in [-0.4, -0.2) is 40.5 Å². The lowest BCUT2D eigenvalue weighted by molar-refractivity contribution is 0.0602. The predicted octanol–water partition coefficient (Wildman–Crippen LogP) is 3.63. The Morgan fingerprint density at radius 2 is 2.08 bits per heavy atom. The average Bonchev–Trinajstić information content (AvgIpc) is 2.68. The first-order valence-corrected chi connectivity index (χ1v) is 8.75. The van der Waals surface area contributed by atoms with Crippen LogP contribution in [0.15, 0.2) is 36.7 Å². The summed E-state index contributed by atoms with van der Waals surface area (Å²) in [7, 11) is 1.63. The maximum Gasteiger partial charge on any atom is 0.272 e. The summed E-state index contributed by atoms with van der Waals surface area (Å²) in [5.74, 6) is 1.39. The molecule has 0 bridgehead atoms. The molecule has 25 heavy (non-hydrogen) atoms. The molecule has 1 atom stereocenters. The van der Waals surface area contributed by atoms with Crippen molar-refractivity contribution in [2.45, 2.75) is 38.6 Å². The van der Waals surface area contributed by atoms with Gasteiger partial charge in [-0.25, -0.2) is 9.97 Å². The normalized spacial score (nSPS) is 17.2. The lowest BCUT2D eigenvalue weighted by Gasteiger charge is -2.35. The largest absolute Gasteiger partial charge is 0.497 e. The van der Waals surface area contributed by atoms with E-state index in [1.54, 1.807) is 13.2 Å². The second kappa shape index (κ2) is 7.96. The highest BCUT2D eigenvalue weighted by Crippen LogP contribution is 2.23. The van der Waals surface area contributed by atoms with Gasteiger partial charge in [0.1, 0.15) is 23.6 Å². The van der Waals surface area contributed by atoms with Crippen LogP contribution < -0.4 is 10.1 Å². The van der Waals surface area contributed by atoms with E-state index in [4.69, 9.17) is 4.74 Å². The topological polar surface area (TPSA) is 67.4 Å². The molecule has 2 aromatic rings. The minimum atomic E-state index is -0.00766. The van der Waals surface area contributed by atoms with Gasteiger partial charge >= 0.3 is 0 Å². The number of rotatable bonds is 5. The monoisotopic (exact) mass is 340 g/mol. The summed E-state index contributed by atoms with van der Waals surface area (Å²) in [5.41, 5.74) is 1.31. The Bertz CT molecular complexity index is 718. The maximum atomic E-state index is 12.8. The highest BCUT2D eigenvalue weighted by molar-refractivity contribution is 5.93. The van der Waals surface area contributed by atoms with Crippen molar-refractivity contribution in [2.75, 3.05) is 19.0 Å². The molecule has 132 valence electrons. The predicted molar refractivity (Wildman–Crippen MR) is 97.3 cm³/mol. The van der Waals surface area contributed by atoms with Crippen LogP contribution in [-0.2, 0) is 0 Å². The molecular formula is C19H24N4O2. The van der Waals surface area contributed by atoms with E-state index in [0.717, 1.165) is 37.2 Å². The number of benzene rings is 1. The first-order valence-electron chi connectivity index (χ1n) is 8.75. The highest BCUT2D eigenvalue weighted by Gasteiger charge is 2.27. The lowest BCUT2D eigenvalue weighted by atomic mass is 9.99. The third-order valence-electron chi connectivity index (χ3n) is 4.61. The van der Waals surface area contributed by atoms with Gasteiger partial charge in [0.2, 0.25) is 0 Å². The van der Waals surface area contributed by atoms with Crippen molar-refractivity contribution in [3.05, 3.63) is 42.4 Å². The number of methoxy groups -OCH3 is 1. The summed E-state index contributed by atoms with van der Waals surface area (Å²) < 4.78 is 5.15. The van der Waals surface area contributed by atoms with Gasteiger partial charge in [-0.1, -0.05) is 6.92 Å². The van der Waals surface area contributed by atoms with Crippen LogP contribution in [0.5, 0.6) is 5.75 Å². The first-order chi connectivity index (χ1) is 12.2. The van der Waals surface area contributed by atoms with Crippen molar-refractivity contribution in [1.29, 1.82) is 0 Å². The molecule has 0 spiro atoms. The maximum absolute atomic E-state index is 12.8. The fourth-order valence-electron chi connectivity index (χ4n) is 3.20. The van der Waals surface area contributed by atoms with Crippen LogP contribution in [0, 0.1) is 0 Å². The van der Waals surface area contributed by atoms with Crippen LogP contribution in [0.1, 0.15) is 43.1 Å². The Morgan fingerprint density at radius 1 is 1.28 bits per heavy atom. The standard InChI is InChI=1S/C19H24N4O2/c1-3-15-6-4-5-11-23(15)19(24)17-12-18(21-13-20-17)22-14-7-9-16(25-2)10-8-14/h7-10,12-13,15H,3-6,11H2,1-2H3,(H,20,21,22). The summed E-state index contributed by atoms with van der Waals surface area (Å²) >= 11 is 0. The number of nitrogens with one attached hydrogen (secondary N) is 1. The Labute approximate surface area is 148 Å². The zero-order chi connectivity index (χ0) is 17.6. The van der Waals surface area contributed by atoms with E-state index in [1.165, 1.54) is 12.7 Å². The van der Waals surface area contributed by atoms with Crippen molar-refractivity contribution in [1.82, 2.24) is 14.9 Å². The molecule has 0 radical (unpaired) electrons. The minimum absolute atomic E-state index is 0.00766. The fraction of sp³-hybridized carbons (Fsp3) is 0.421. The summed E-state index contributed by atoms with van der Waals surface area (Å²) in [4.78, 5) is 23.2. The smallest absolute Gasteiger partial charge is 0.272 e. The lowest BCUT2D eigenvalue weighted by Crippen LogP contribution is -2.43. The molecule has 1 aromatic carbocycles. The Hall–Kier alpha value is -2.63. The van der Waals surface area contributed by atoms with Gasteiger partial charge in [-0.2, -0.15) is 0 Å². The van der Waals surface area contributed by atoms with E-state index in [9.17, 15) is 4.79 Å². The molecule has 1 saturated heterocycles. The fourth-order valence-corrected chi connectivity index (χ4v) is 3.20. The van der Waals surface area contributed by atoms with Gasteiger partial charge in [0.05, 0.1) is 7.11 Å². The molecule has 1 aromatic heterocycles. The second-order valence-corrected chi connectivity index (χ2v) is 6.20. The van der Waals surface area contributed by atoms with E-state index in [2.05, 4.69) is 22.2 Å². The molecular weight excluding hydrogens is 316 g/mol. The number of hydrogen-bond donors (Lipinski definition) is 1. The quantitative estimate of drug-likeness (QED) is 0.900. The van der Waals surface area contributed by atoms with Crippen LogP contribution >= 0.6 is 0 Å². The highest BCUT2D eigenvalue weighted by atomic mass is 16.5. The van der Waals surface area contributed by atoms with Gasteiger partial charge in [-0.15, -0.1) is 0 Å². The summed E-state index contributed by atoms with van der Waals surface area (Å²) in [6.45, 7) is 2.94. The molecule has 2 heterocycles. The third-order valence-corrected chi connectivity index (χ3v) is 4.61. The number of nitrogens with zero attached hydrogens (tertiary/aromatic N) is 3. The number of anilines is 2. The van der Waals surface area contributed by atoms with Crippen LogP contribution in [0.3, 0.4) is 0 Å². The molecule has 1 N–H and O–H groups in total. The molecule has 0 aliphatic carbocycles. The molecule has 6 heteroatoms. The molecule has 6 nitrogen and oxygen atoms in total. The average molecular weight is 340 g/mol. The van der Waals surface area contributed by atoms with Gasteiger partial charge in [-0.3, -0.25) is 4.79 Å². The number of hydrogen-bond acceptors (Lipinski definition) is 5. The van der Waals surface area contributed by atoms with Crippen molar-refractivity contribution >= 4 is 17.4 Å². The van der Waals surface area contributed by atoms with E-state index < -0.39 is 0 Å². The van der Waals surface area contributed by atoms with E-state index >= 15 is 0 Å². The molecule has 1 aliphatic heterocycles. The summed E-state index contributed by atoms with van der Waals surface area (Å²) in [6, 6.07) is 9.58.